The maximum absolute atomic E-state index is 11.4. The van der Waals surface area contributed by atoms with Crippen LogP contribution in [0.4, 0.5) is 0 Å². The van der Waals surface area contributed by atoms with Crippen LogP contribution in [0, 0.1) is 12.8 Å². The molecule has 3 nitrogen and oxygen atoms in total. The van der Waals surface area contributed by atoms with Gasteiger partial charge in [0.1, 0.15) is 5.69 Å². The maximum Gasteiger partial charge on any atom is 0.352 e. The first-order valence-electron chi connectivity index (χ1n) is 5.99. The average molecular weight is 229 g/mol. The van der Waals surface area contributed by atoms with Crippen molar-refractivity contribution in [2.24, 2.45) is 5.92 Å². The molecule has 1 aromatic carbocycles. The van der Waals surface area contributed by atoms with Gasteiger partial charge in [-0.15, -0.1) is 0 Å². The van der Waals surface area contributed by atoms with Gasteiger partial charge in [-0.1, -0.05) is 18.2 Å². The summed E-state index contributed by atoms with van der Waals surface area (Å²) in [5.74, 6) is -0.150. The largest absolute Gasteiger partial charge is 0.477 e. The Hall–Kier alpha value is -1.77. The Kier molecular flexibility index (Phi) is 2.21. The number of aromatic carboxylic acids is 1. The van der Waals surface area contributed by atoms with Gasteiger partial charge in [0, 0.05) is 17.4 Å². The van der Waals surface area contributed by atoms with E-state index < -0.39 is 5.97 Å². The molecule has 0 radical (unpaired) electrons. The number of aryl methyl sites for hydroxylation is 1. The first-order chi connectivity index (χ1) is 8.18. The highest BCUT2D eigenvalue weighted by Crippen LogP contribution is 2.34. The molecule has 0 spiro atoms. The fourth-order valence-corrected chi connectivity index (χ4v) is 2.50. The molecule has 1 aliphatic rings. The summed E-state index contributed by atoms with van der Waals surface area (Å²) < 4.78 is 1.98. The summed E-state index contributed by atoms with van der Waals surface area (Å²) in [5.41, 5.74) is 2.39. The number of carboxylic acid groups (broad SMARTS) is 1. The van der Waals surface area contributed by atoms with Crippen molar-refractivity contribution in [3.05, 3.63) is 35.5 Å². The highest BCUT2D eigenvalue weighted by Gasteiger charge is 2.26. The molecule has 1 heterocycles. The third-order valence-electron chi connectivity index (χ3n) is 3.56. The van der Waals surface area contributed by atoms with E-state index in [0.717, 1.165) is 23.0 Å². The number of fused-ring (bicyclic) bond motifs is 1. The van der Waals surface area contributed by atoms with Gasteiger partial charge in [-0.2, -0.15) is 0 Å². The molecule has 2 aromatic rings. The van der Waals surface area contributed by atoms with Crippen molar-refractivity contribution in [1.29, 1.82) is 0 Å². The van der Waals surface area contributed by atoms with E-state index in [4.69, 9.17) is 0 Å². The van der Waals surface area contributed by atoms with E-state index in [-0.39, 0.29) is 0 Å². The second-order valence-electron chi connectivity index (χ2n) is 4.85. The first-order valence-corrected chi connectivity index (χ1v) is 5.99. The zero-order valence-electron chi connectivity index (χ0n) is 9.81. The van der Waals surface area contributed by atoms with Crippen LogP contribution in [-0.2, 0) is 6.54 Å². The molecule has 3 rings (SSSR count). The molecular formula is C14H15NO2. The number of carboxylic acids is 1. The molecule has 0 saturated heterocycles. The van der Waals surface area contributed by atoms with Crippen molar-refractivity contribution in [2.75, 3.05) is 0 Å². The molecule has 0 atom stereocenters. The van der Waals surface area contributed by atoms with Gasteiger partial charge in [-0.25, -0.2) is 4.79 Å². The van der Waals surface area contributed by atoms with Gasteiger partial charge in [0.05, 0.1) is 0 Å². The van der Waals surface area contributed by atoms with Crippen LogP contribution in [0.3, 0.4) is 0 Å². The van der Waals surface area contributed by atoms with E-state index in [9.17, 15) is 9.90 Å². The normalized spacial score (nSPS) is 15.4. The maximum atomic E-state index is 11.4. The Morgan fingerprint density at radius 2 is 2.12 bits per heavy atom. The van der Waals surface area contributed by atoms with Crippen LogP contribution in [0.15, 0.2) is 24.3 Å². The number of hydrogen-bond acceptors (Lipinski definition) is 1. The van der Waals surface area contributed by atoms with Crippen LogP contribution in [0.5, 0.6) is 0 Å². The Morgan fingerprint density at radius 1 is 1.41 bits per heavy atom. The molecule has 1 aromatic heterocycles. The van der Waals surface area contributed by atoms with Gasteiger partial charge >= 0.3 is 5.97 Å². The minimum absolute atomic E-state index is 0.457. The topological polar surface area (TPSA) is 42.2 Å². The Labute approximate surface area is 99.7 Å². The van der Waals surface area contributed by atoms with Gasteiger partial charge < -0.3 is 9.67 Å². The first kappa shape index (κ1) is 10.4. The third kappa shape index (κ3) is 1.62. The molecule has 0 aliphatic heterocycles. The summed E-state index contributed by atoms with van der Waals surface area (Å²) in [6, 6.07) is 7.94. The summed E-state index contributed by atoms with van der Waals surface area (Å²) in [5, 5.41) is 10.4. The van der Waals surface area contributed by atoms with Crippen molar-refractivity contribution in [3.63, 3.8) is 0 Å². The smallest absolute Gasteiger partial charge is 0.352 e. The number of aromatic nitrogens is 1. The second kappa shape index (κ2) is 3.62. The summed E-state index contributed by atoms with van der Waals surface area (Å²) in [6.07, 6.45) is 2.45. The Balaban J connectivity index is 2.26. The average Bonchev–Trinajstić information content (AvgIpc) is 3.06. The van der Waals surface area contributed by atoms with Crippen LogP contribution in [0.25, 0.3) is 10.9 Å². The lowest BCUT2D eigenvalue weighted by atomic mass is 10.1. The number of nitrogens with zero attached hydrogens (tertiary/aromatic N) is 1. The minimum atomic E-state index is -0.820. The molecule has 1 fully saturated rings. The van der Waals surface area contributed by atoms with E-state index >= 15 is 0 Å². The second-order valence-corrected chi connectivity index (χ2v) is 4.85. The van der Waals surface area contributed by atoms with E-state index in [1.54, 1.807) is 0 Å². The monoisotopic (exact) mass is 229 g/mol. The van der Waals surface area contributed by atoms with E-state index in [1.807, 2.05) is 35.8 Å². The van der Waals surface area contributed by atoms with Crippen molar-refractivity contribution < 1.29 is 9.90 Å². The van der Waals surface area contributed by atoms with Crippen LogP contribution in [-0.4, -0.2) is 15.6 Å². The molecule has 1 N–H and O–H groups in total. The lowest BCUT2D eigenvalue weighted by Crippen LogP contribution is -2.10. The highest BCUT2D eigenvalue weighted by atomic mass is 16.4. The third-order valence-corrected chi connectivity index (χ3v) is 3.56. The lowest BCUT2D eigenvalue weighted by Gasteiger charge is -2.07. The Morgan fingerprint density at radius 3 is 2.76 bits per heavy atom. The van der Waals surface area contributed by atoms with Gasteiger partial charge in [-0.05, 0) is 37.3 Å². The predicted molar refractivity (Wildman–Crippen MR) is 66.4 cm³/mol. The fourth-order valence-electron chi connectivity index (χ4n) is 2.50. The summed E-state index contributed by atoms with van der Waals surface area (Å²) in [6.45, 7) is 2.74. The van der Waals surface area contributed by atoms with Gasteiger partial charge in [-0.3, -0.25) is 0 Å². The SMILES string of the molecule is Cc1c(C(=O)O)n(CC2CC2)c2ccccc12. The molecule has 3 heteroatoms. The molecule has 88 valence electrons. The quantitative estimate of drug-likeness (QED) is 0.878. The number of rotatable bonds is 3. The van der Waals surface area contributed by atoms with Gasteiger partial charge in [0.15, 0.2) is 0 Å². The van der Waals surface area contributed by atoms with Crippen LogP contribution in [0.2, 0.25) is 0 Å². The molecule has 0 amide bonds. The zero-order valence-corrected chi connectivity index (χ0v) is 9.81. The summed E-state index contributed by atoms with van der Waals surface area (Å²) in [4.78, 5) is 11.4. The molecule has 17 heavy (non-hydrogen) atoms. The standard InChI is InChI=1S/C14H15NO2/c1-9-11-4-2-3-5-12(11)15(8-10-6-7-10)13(9)14(16)17/h2-5,10H,6-8H2,1H3,(H,16,17). The van der Waals surface area contributed by atoms with Crippen molar-refractivity contribution >= 4 is 16.9 Å². The van der Waals surface area contributed by atoms with E-state index in [0.29, 0.717) is 11.6 Å². The number of hydrogen-bond donors (Lipinski definition) is 1. The number of para-hydroxylation sites is 1. The lowest BCUT2D eigenvalue weighted by molar-refractivity contribution is 0.0684. The number of benzene rings is 1. The van der Waals surface area contributed by atoms with Crippen molar-refractivity contribution in [3.8, 4) is 0 Å². The molecule has 1 saturated carbocycles. The molecule has 1 aliphatic carbocycles. The highest BCUT2D eigenvalue weighted by molar-refractivity contribution is 5.98. The molecule has 0 bridgehead atoms. The van der Waals surface area contributed by atoms with Gasteiger partial charge in [0.2, 0.25) is 0 Å². The predicted octanol–water partition coefficient (Wildman–Crippen LogP) is 3.06. The summed E-state index contributed by atoms with van der Waals surface area (Å²) >= 11 is 0. The zero-order chi connectivity index (χ0) is 12.0. The summed E-state index contributed by atoms with van der Waals surface area (Å²) in [7, 11) is 0. The Bertz CT molecular complexity index is 594. The van der Waals surface area contributed by atoms with Crippen molar-refractivity contribution in [2.45, 2.75) is 26.3 Å². The van der Waals surface area contributed by atoms with E-state index in [2.05, 4.69) is 0 Å². The minimum Gasteiger partial charge on any atom is -0.477 e. The molecule has 0 unspecified atom stereocenters. The van der Waals surface area contributed by atoms with Gasteiger partial charge in [0.25, 0.3) is 0 Å². The van der Waals surface area contributed by atoms with Crippen LogP contribution < -0.4 is 0 Å². The van der Waals surface area contributed by atoms with Crippen LogP contribution >= 0.6 is 0 Å². The fraction of sp³-hybridized carbons (Fsp3) is 0.357. The van der Waals surface area contributed by atoms with Crippen molar-refractivity contribution in [1.82, 2.24) is 4.57 Å². The van der Waals surface area contributed by atoms with E-state index in [1.165, 1.54) is 12.8 Å². The molecular weight excluding hydrogens is 214 g/mol. The van der Waals surface area contributed by atoms with Crippen LogP contribution in [0.1, 0.15) is 28.9 Å². The number of carbonyl (C=O) groups is 1.